The average Bonchev–Trinajstić information content (AvgIpc) is 2.37. The van der Waals surface area contributed by atoms with Gasteiger partial charge in [-0.3, -0.25) is 4.90 Å². The summed E-state index contributed by atoms with van der Waals surface area (Å²) in [6.45, 7) is 6.14. The van der Waals surface area contributed by atoms with E-state index in [-0.39, 0.29) is 0 Å². The van der Waals surface area contributed by atoms with Crippen molar-refractivity contribution in [1.29, 1.82) is 0 Å². The van der Waals surface area contributed by atoms with Crippen molar-refractivity contribution >= 4 is 5.69 Å². The van der Waals surface area contributed by atoms with E-state index < -0.39 is 0 Å². The minimum Gasteiger partial charge on any atom is -0.399 e. The number of aryl methyl sites for hydroxylation is 1. The summed E-state index contributed by atoms with van der Waals surface area (Å²) in [5, 5.41) is 0. The van der Waals surface area contributed by atoms with Crippen molar-refractivity contribution in [3.63, 3.8) is 0 Å². The van der Waals surface area contributed by atoms with E-state index in [1.807, 2.05) is 13.0 Å². The van der Waals surface area contributed by atoms with Crippen molar-refractivity contribution in [2.24, 2.45) is 0 Å². The molecule has 0 spiro atoms. The summed E-state index contributed by atoms with van der Waals surface area (Å²) >= 11 is 0. The molecule has 0 atom stereocenters. The number of rotatable bonds is 8. The molecule has 0 saturated carbocycles. The zero-order valence-corrected chi connectivity index (χ0v) is 11.6. The van der Waals surface area contributed by atoms with E-state index in [9.17, 15) is 0 Å². The number of nitrogen functional groups attached to an aromatic ring is 1. The second-order valence-electron chi connectivity index (χ2n) is 4.45. The highest BCUT2D eigenvalue weighted by Gasteiger charge is 2.06. The van der Waals surface area contributed by atoms with Gasteiger partial charge < -0.3 is 15.2 Å². The normalized spacial score (nSPS) is 11.1. The van der Waals surface area contributed by atoms with Crippen LogP contribution in [0.1, 0.15) is 11.1 Å². The molecule has 2 N–H and O–H groups in total. The Morgan fingerprint density at radius 2 is 1.72 bits per heavy atom. The van der Waals surface area contributed by atoms with Crippen LogP contribution in [0.4, 0.5) is 5.69 Å². The van der Waals surface area contributed by atoms with Gasteiger partial charge in [0.25, 0.3) is 0 Å². The van der Waals surface area contributed by atoms with E-state index in [1.54, 1.807) is 14.2 Å². The Balaban J connectivity index is 2.59. The van der Waals surface area contributed by atoms with Crippen molar-refractivity contribution < 1.29 is 9.47 Å². The van der Waals surface area contributed by atoms with Crippen LogP contribution in [-0.4, -0.2) is 45.4 Å². The Morgan fingerprint density at radius 1 is 1.11 bits per heavy atom. The van der Waals surface area contributed by atoms with E-state index in [0.717, 1.165) is 44.1 Å². The number of hydrogen-bond acceptors (Lipinski definition) is 4. The number of nitrogens with two attached hydrogens (primary N) is 1. The van der Waals surface area contributed by atoms with Crippen LogP contribution in [0.3, 0.4) is 0 Å². The maximum Gasteiger partial charge on any atom is 0.0589 e. The third kappa shape index (κ3) is 5.04. The summed E-state index contributed by atoms with van der Waals surface area (Å²) in [4.78, 5) is 2.30. The molecule has 0 aromatic heterocycles. The Labute approximate surface area is 110 Å². The number of benzene rings is 1. The lowest BCUT2D eigenvalue weighted by atomic mass is 10.1. The summed E-state index contributed by atoms with van der Waals surface area (Å²) < 4.78 is 10.3. The molecule has 0 bridgehead atoms. The Hall–Kier alpha value is -1.10. The number of anilines is 1. The number of ether oxygens (including phenoxy) is 2. The van der Waals surface area contributed by atoms with Crippen LogP contribution in [-0.2, 0) is 16.0 Å². The van der Waals surface area contributed by atoms with Crippen LogP contribution in [0.2, 0.25) is 0 Å². The van der Waals surface area contributed by atoms with Crippen molar-refractivity contribution in [2.75, 3.05) is 46.3 Å². The lowest BCUT2D eigenvalue weighted by Crippen LogP contribution is -2.30. The second kappa shape index (κ2) is 8.08. The molecule has 1 rings (SSSR count). The van der Waals surface area contributed by atoms with E-state index in [1.165, 1.54) is 5.56 Å². The van der Waals surface area contributed by atoms with Gasteiger partial charge >= 0.3 is 0 Å². The largest absolute Gasteiger partial charge is 0.399 e. The van der Waals surface area contributed by atoms with Gasteiger partial charge in [-0.05, 0) is 24.1 Å². The van der Waals surface area contributed by atoms with E-state index in [4.69, 9.17) is 15.2 Å². The highest BCUT2D eigenvalue weighted by molar-refractivity contribution is 5.48. The third-order valence-electron chi connectivity index (χ3n) is 2.97. The molecule has 0 aliphatic carbocycles. The Kier molecular flexibility index (Phi) is 6.72. The molecule has 0 saturated heterocycles. The molecule has 0 heterocycles. The average molecular weight is 252 g/mol. The van der Waals surface area contributed by atoms with Crippen LogP contribution in [0.15, 0.2) is 18.2 Å². The Bertz CT molecular complexity index is 348. The summed E-state index contributed by atoms with van der Waals surface area (Å²) in [6.07, 6.45) is 0. The lowest BCUT2D eigenvalue weighted by Gasteiger charge is -2.22. The molecule has 0 radical (unpaired) electrons. The summed E-state index contributed by atoms with van der Waals surface area (Å²) in [5.74, 6) is 0. The topological polar surface area (TPSA) is 47.7 Å². The van der Waals surface area contributed by atoms with E-state index in [2.05, 4.69) is 17.0 Å². The van der Waals surface area contributed by atoms with Gasteiger partial charge in [-0.2, -0.15) is 0 Å². The van der Waals surface area contributed by atoms with Gasteiger partial charge in [-0.25, -0.2) is 0 Å². The van der Waals surface area contributed by atoms with Gasteiger partial charge in [0, 0.05) is 39.5 Å². The lowest BCUT2D eigenvalue weighted by molar-refractivity contribution is 0.110. The highest BCUT2D eigenvalue weighted by Crippen LogP contribution is 2.14. The van der Waals surface area contributed by atoms with Gasteiger partial charge in [0.1, 0.15) is 0 Å². The highest BCUT2D eigenvalue weighted by atomic mass is 16.5. The molecular weight excluding hydrogens is 228 g/mol. The standard InChI is InChI=1S/C14H24N2O2/c1-12-4-5-13(10-14(12)15)11-16(6-8-17-2)7-9-18-3/h4-5,10H,6-9,11,15H2,1-3H3. The van der Waals surface area contributed by atoms with Gasteiger partial charge in [0.2, 0.25) is 0 Å². The molecule has 102 valence electrons. The quantitative estimate of drug-likeness (QED) is 0.715. The van der Waals surface area contributed by atoms with Gasteiger partial charge in [0.15, 0.2) is 0 Å². The molecule has 0 unspecified atom stereocenters. The summed E-state index contributed by atoms with van der Waals surface area (Å²) in [6, 6.07) is 6.23. The third-order valence-corrected chi connectivity index (χ3v) is 2.97. The van der Waals surface area contributed by atoms with Crippen LogP contribution in [0.5, 0.6) is 0 Å². The van der Waals surface area contributed by atoms with Crippen LogP contribution in [0.25, 0.3) is 0 Å². The second-order valence-corrected chi connectivity index (χ2v) is 4.45. The van der Waals surface area contributed by atoms with Gasteiger partial charge in [-0.1, -0.05) is 12.1 Å². The monoisotopic (exact) mass is 252 g/mol. The van der Waals surface area contributed by atoms with Crippen molar-refractivity contribution in [3.8, 4) is 0 Å². The smallest absolute Gasteiger partial charge is 0.0589 e. The predicted octanol–water partition coefficient (Wildman–Crippen LogP) is 1.67. The van der Waals surface area contributed by atoms with Crippen molar-refractivity contribution in [1.82, 2.24) is 4.90 Å². The zero-order valence-electron chi connectivity index (χ0n) is 11.6. The minimum atomic E-state index is 0.727. The molecular formula is C14H24N2O2. The molecule has 0 aliphatic heterocycles. The van der Waals surface area contributed by atoms with Crippen LogP contribution >= 0.6 is 0 Å². The number of methoxy groups -OCH3 is 2. The molecule has 18 heavy (non-hydrogen) atoms. The molecule has 0 amide bonds. The first-order valence-corrected chi connectivity index (χ1v) is 6.22. The molecule has 1 aromatic carbocycles. The van der Waals surface area contributed by atoms with Crippen LogP contribution < -0.4 is 5.73 Å². The summed E-state index contributed by atoms with van der Waals surface area (Å²) in [7, 11) is 3.44. The Morgan fingerprint density at radius 3 is 2.22 bits per heavy atom. The van der Waals surface area contributed by atoms with Crippen molar-refractivity contribution in [3.05, 3.63) is 29.3 Å². The molecule has 4 nitrogen and oxygen atoms in total. The molecule has 0 aliphatic rings. The SMILES string of the molecule is COCCN(CCOC)Cc1ccc(C)c(N)c1. The maximum absolute atomic E-state index is 5.93. The fraction of sp³-hybridized carbons (Fsp3) is 0.571. The van der Waals surface area contributed by atoms with E-state index >= 15 is 0 Å². The molecule has 0 fully saturated rings. The number of nitrogens with zero attached hydrogens (tertiary/aromatic N) is 1. The fourth-order valence-electron chi connectivity index (χ4n) is 1.76. The van der Waals surface area contributed by atoms with Crippen molar-refractivity contribution in [2.45, 2.75) is 13.5 Å². The number of hydrogen-bond donors (Lipinski definition) is 1. The fourth-order valence-corrected chi connectivity index (χ4v) is 1.76. The minimum absolute atomic E-state index is 0.727. The summed E-state index contributed by atoms with van der Waals surface area (Å²) in [5.41, 5.74) is 9.13. The molecule has 4 heteroatoms. The maximum atomic E-state index is 5.93. The van der Waals surface area contributed by atoms with Gasteiger partial charge in [-0.15, -0.1) is 0 Å². The molecule has 1 aromatic rings. The first-order valence-electron chi connectivity index (χ1n) is 6.22. The zero-order chi connectivity index (χ0) is 13.4. The van der Waals surface area contributed by atoms with E-state index in [0.29, 0.717) is 0 Å². The first-order chi connectivity index (χ1) is 8.67. The predicted molar refractivity (Wildman–Crippen MR) is 74.6 cm³/mol. The first kappa shape index (κ1) is 15.0. The van der Waals surface area contributed by atoms with Crippen LogP contribution in [0, 0.1) is 6.92 Å². The van der Waals surface area contributed by atoms with Gasteiger partial charge in [0.05, 0.1) is 13.2 Å².